The molecule has 2 aromatic carbocycles. The van der Waals surface area contributed by atoms with Crippen LogP contribution in [0.5, 0.6) is 0 Å². The fourth-order valence-electron chi connectivity index (χ4n) is 4.59. The van der Waals surface area contributed by atoms with Crippen LogP contribution in [0.1, 0.15) is 58.1 Å². The van der Waals surface area contributed by atoms with Crippen LogP contribution in [0.2, 0.25) is 0 Å². The van der Waals surface area contributed by atoms with Gasteiger partial charge in [0.05, 0.1) is 17.4 Å². The summed E-state index contributed by atoms with van der Waals surface area (Å²) < 4.78 is 13.4. The van der Waals surface area contributed by atoms with Gasteiger partial charge in [0.2, 0.25) is 0 Å². The molecule has 2 aromatic rings. The van der Waals surface area contributed by atoms with Crippen molar-refractivity contribution in [2.75, 3.05) is 5.01 Å². The predicted octanol–water partition coefficient (Wildman–Crippen LogP) is 7.22. The van der Waals surface area contributed by atoms with Crippen LogP contribution in [-0.4, -0.2) is 5.71 Å². The molecule has 0 radical (unpaired) electrons. The van der Waals surface area contributed by atoms with Crippen LogP contribution < -0.4 is 5.01 Å². The summed E-state index contributed by atoms with van der Waals surface area (Å²) in [4.78, 5) is 0. The van der Waals surface area contributed by atoms with Gasteiger partial charge in [-0.25, -0.2) is 4.39 Å². The molecule has 0 saturated carbocycles. The molecule has 0 N–H and O–H groups in total. The summed E-state index contributed by atoms with van der Waals surface area (Å²) in [6.07, 6.45) is 8.96. The molecule has 0 bridgehead atoms. The third-order valence-corrected chi connectivity index (χ3v) is 6.19. The third-order valence-electron chi connectivity index (χ3n) is 6.19. The van der Waals surface area contributed by atoms with Crippen LogP contribution in [0, 0.1) is 11.2 Å². The summed E-state index contributed by atoms with van der Waals surface area (Å²) in [5, 5.41) is 7.01. The van der Waals surface area contributed by atoms with E-state index < -0.39 is 0 Å². The topological polar surface area (TPSA) is 15.6 Å². The van der Waals surface area contributed by atoms with Crippen molar-refractivity contribution in [2.24, 2.45) is 10.5 Å². The van der Waals surface area contributed by atoms with Crippen LogP contribution in [0.4, 0.5) is 10.1 Å². The Morgan fingerprint density at radius 1 is 1.03 bits per heavy atom. The van der Waals surface area contributed by atoms with Crippen molar-refractivity contribution in [3.63, 3.8) is 0 Å². The first kappa shape index (κ1) is 19.6. The van der Waals surface area contributed by atoms with E-state index in [4.69, 9.17) is 5.10 Å². The van der Waals surface area contributed by atoms with Gasteiger partial charge >= 0.3 is 0 Å². The lowest BCUT2D eigenvalue weighted by Crippen LogP contribution is -2.19. The highest BCUT2D eigenvalue weighted by atomic mass is 19.1. The minimum atomic E-state index is -0.207. The minimum absolute atomic E-state index is 0.0760. The number of benzene rings is 2. The second-order valence-electron chi connectivity index (χ2n) is 8.81. The number of para-hydroxylation sites is 1. The summed E-state index contributed by atoms with van der Waals surface area (Å²) in [5.41, 5.74) is 6.35. The van der Waals surface area contributed by atoms with Crippen molar-refractivity contribution in [3.05, 3.63) is 89.3 Å². The summed E-state index contributed by atoms with van der Waals surface area (Å²) in [5.74, 6) is -0.207. The summed E-state index contributed by atoms with van der Waals surface area (Å²) in [6.45, 7) is 6.93. The van der Waals surface area contributed by atoms with E-state index in [9.17, 15) is 4.39 Å². The van der Waals surface area contributed by atoms with Crippen molar-refractivity contribution < 1.29 is 4.39 Å². The molecule has 0 amide bonds. The molecule has 2 nitrogen and oxygen atoms in total. The standard InChI is InChI=1S/C26H29FN2/c1-19-8-7-17-26(2,3)24(19)16-15-22-18-25(20-11-13-21(27)14-12-20)29(28-22)23-9-5-4-6-10-23/h4-6,9-16,25H,7-8,17-18H2,1-3H3/b16-15+. The normalized spacial score (nSPS) is 21.7. The maximum Gasteiger partial charge on any atom is 0.123 e. The van der Waals surface area contributed by atoms with Crippen molar-refractivity contribution in [3.8, 4) is 0 Å². The monoisotopic (exact) mass is 388 g/mol. The molecule has 0 spiro atoms. The summed E-state index contributed by atoms with van der Waals surface area (Å²) in [7, 11) is 0. The number of nitrogens with zero attached hydrogens (tertiary/aromatic N) is 2. The molecule has 0 aromatic heterocycles. The highest BCUT2D eigenvalue weighted by Crippen LogP contribution is 2.41. The van der Waals surface area contributed by atoms with Gasteiger partial charge in [0.25, 0.3) is 0 Å². The number of allylic oxidation sites excluding steroid dienone is 4. The molecule has 0 saturated heterocycles. The van der Waals surface area contributed by atoms with Gasteiger partial charge in [0, 0.05) is 6.42 Å². The van der Waals surface area contributed by atoms with Crippen LogP contribution in [0.15, 0.2) is 83.0 Å². The van der Waals surface area contributed by atoms with Crippen LogP contribution >= 0.6 is 0 Å². The Morgan fingerprint density at radius 3 is 2.45 bits per heavy atom. The molecule has 3 heteroatoms. The fourth-order valence-corrected chi connectivity index (χ4v) is 4.59. The first-order valence-electron chi connectivity index (χ1n) is 10.5. The number of hydrogen-bond acceptors (Lipinski definition) is 2. The average Bonchev–Trinajstić information content (AvgIpc) is 3.12. The zero-order chi connectivity index (χ0) is 20.4. The molecular formula is C26H29FN2. The third kappa shape index (κ3) is 4.19. The van der Waals surface area contributed by atoms with E-state index >= 15 is 0 Å². The molecule has 150 valence electrons. The summed E-state index contributed by atoms with van der Waals surface area (Å²) >= 11 is 0. The quantitative estimate of drug-likeness (QED) is 0.540. The molecule has 2 aliphatic rings. The molecular weight excluding hydrogens is 359 g/mol. The lowest BCUT2D eigenvalue weighted by molar-refractivity contribution is 0.377. The lowest BCUT2D eigenvalue weighted by Gasteiger charge is -2.32. The first-order valence-corrected chi connectivity index (χ1v) is 10.5. The van der Waals surface area contributed by atoms with Crippen molar-refractivity contribution in [1.82, 2.24) is 0 Å². The van der Waals surface area contributed by atoms with Gasteiger partial charge in [0.1, 0.15) is 5.82 Å². The van der Waals surface area contributed by atoms with Crippen molar-refractivity contribution in [1.29, 1.82) is 0 Å². The minimum Gasteiger partial charge on any atom is -0.257 e. The Balaban J connectivity index is 1.65. The molecule has 1 aliphatic carbocycles. The number of halogens is 1. The number of anilines is 1. The lowest BCUT2D eigenvalue weighted by atomic mass is 9.72. The highest BCUT2D eigenvalue weighted by molar-refractivity contribution is 5.98. The van der Waals surface area contributed by atoms with Gasteiger partial charge in [-0.2, -0.15) is 5.10 Å². The number of hydrogen-bond donors (Lipinski definition) is 0. The van der Waals surface area contributed by atoms with Gasteiger partial charge in [-0.05, 0) is 73.1 Å². The Labute approximate surface area is 173 Å². The van der Waals surface area contributed by atoms with E-state index in [0.29, 0.717) is 0 Å². The molecule has 1 atom stereocenters. The number of hydrazone groups is 1. The van der Waals surface area contributed by atoms with E-state index in [2.05, 4.69) is 50.1 Å². The highest BCUT2D eigenvalue weighted by Gasteiger charge is 2.30. The van der Waals surface area contributed by atoms with E-state index in [-0.39, 0.29) is 17.3 Å². The van der Waals surface area contributed by atoms with Crippen LogP contribution in [0.25, 0.3) is 0 Å². The zero-order valence-electron chi connectivity index (χ0n) is 17.5. The Morgan fingerprint density at radius 2 is 1.76 bits per heavy atom. The smallest absolute Gasteiger partial charge is 0.123 e. The fraction of sp³-hybridized carbons (Fsp3) is 0.346. The van der Waals surface area contributed by atoms with E-state index in [1.54, 1.807) is 0 Å². The Kier molecular flexibility index (Phi) is 5.40. The van der Waals surface area contributed by atoms with Crippen molar-refractivity contribution in [2.45, 2.75) is 52.5 Å². The van der Waals surface area contributed by atoms with Gasteiger partial charge in [0.15, 0.2) is 0 Å². The second kappa shape index (κ2) is 7.98. The molecule has 4 rings (SSSR count). The van der Waals surface area contributed by atoms with E-state index in [1.807, 2.05) is 30.3 Å². The molecule has 29 heavy (non-hydrogen) atoms. The van der Waals surface area contributed by atoms with Gasteiger partial charge in [-0.3, -0.25) is 5.01 Å². The first-order chi connectivity index (χ1) is 13.9. The van der Waals surface area contributed by atoms with Crippen LogP contribution in [0.3, 0.4) is 0 Å². The average molecular weight is 389 g/mol. The second-order valence-corrected chi connectivity index (χ2v) is 8.81. The SMILES string of the molecule is CC1=C(/C=C/C2=NN(c3ccccc3)C(c3ccc(F)cc3)C2)C(C)(C)CCC1. The van der Waals surface area contributed by atoms with Crippen molar-refractivity contribution >= 4 is 11.4 Å². The predicted molar refractivity (Wildman–Crippen MR) is 120 cm³/mol. The maximum absolute atomic E-state index is 13.4. The molecule has 1 heterocycles. The van der Waals surface area contributed by atoms with Gasteiger partial charge < -0.3 is 0 Å². The maximum atomic E-state index is 13.4. The summed E-state index contributed by atoms with van der Waals surface area (Å²) in [6, 6.07) is 17.1. The number of rotatable bonds is 4. The molecule has 1 aliphatic heterocycles. The van der Waals surface area contributed by atoms with Gasteiger partial charge in [-0.15, -0.1) is 0 Å². The Bertz CT molecular complexity index is 952. The van der Waals surface area contributed by atoms with E-state index in [1.165, 1.54) is 42.5 Å². The molecule has 0 fully saturated rings. The molecule has 1 unspecified atom stereocenters. The van der Waals surface area contributed by atoms with Gasteiger partial charge in [-0.1, -0.05) is 55.8 Å². The van der Waals surface area contributed by atoms with Crippen LogP contribution in [-0.2, 0) is 0 Å². The van der Waals surface area contributed by atoms with E-state index in [0.717, 1.165) is 23.4 Å². The zero-order valence-corrected chi connectivity index (χ0v) is 17.5. The Hall–Kier alpha value is -2.68. The largest absolute Gasteiger partial charge is 0.257 e.